The number of nitrogens with zero attached hydrogens (tertiary/aromatic N) is 1. The molecule has 0 radical (unpaired) electrons. The number of benzene rings is 2. The van der Waals surface area contributed by atoms with Crippen molar-refractivity contribution in [2.24, 2.45) is 5.92 Å². The number of hydrogen-bond donors (Lipinski definition) is 1. The maximum atomic E-state index is 12.8. The molecule has 5 heteroatoms. The van der Waals surface area contributed by atoms with Crippen LogP contribution in [0.1, 0.15) is 42.4 Å². The molecule has 150 valence electrons. The Labute approximate surface area is 171 Å². The normalized spacial score (nSPS) is 20.5. The van der Waals surface area contributed by atoms with Gasteiger partial charge in [-0.3, -0.25) is 9.59 Å². The average Bonchev–Trinajstić information content (AvgIpc) is 3.54. The van der Waals surface area contributed by atoms with Crippen molar-refractivity contribution in [2.45, 2.75) is 51.6 Å². The predicted octanol–water partition coefficient (Wildman–Crippen LogP) is 4.02. The van der Waals surface area contributed by atoms with Crippen LogP contribution in [-0.2, 0) is 22.4 Å². The molecule has 2 heterocycles. The third kappa shape index (κ3) is 3.74. The standard InChI is InChI=1S/C24H26N2O3/c1-15-2-9-21-18(12-15)5-10-22(29-21)24(28)25-19-7-8-20-17(13-19)6-11-23(27)26(20)14-16-3-4-16/h2,7-9,12-13,16,22H,3-6,10-11,14H2,1H3,(H,25,28). The zero-order chi connectivity index (χ0) is 20.0. The fourth-order valence-corrected chi connectivity index (χ4v) is 4.32. The Bertz CT molecular complexity index is 980. The van der Waals surface area contributed by atoms with Gasteiger partial charge in [-0.2, -0.15) is 0 Å². The Hall–Kier alpha value is -2.82. The van der Waals surface area contributed by atoms with E-state index < -0.39 is 6.10 Å². The van der Waals surface area contributed by atoms with Crippen molar-refractivity contribution in [3.63, 3.8) is 0 Å². The van der Waals surface area contributed by atoms with Gasteiger partial charge >= 0.3 is 0 Å². The first-order chi connectivity index (χ1) is 14.1. The zero-order valence-corrected chi connectivity index (χ0v) is 16.7. The van der Waals surface area contributed by atoms with E-state index in [9.17, 15) is 9.59 Å². The second-order valence-corrected chi connectivity index (χ2v) is 8.54. The highest BCUT2D eigenvalue weighted by Crippen LogP contribution is 2.36. The van der Waals surface area contributed by atoms with E-state index in [2.05, 4.69) is 18.3 Å². The summed E-state index contributed by atoms with van der Waals surface area (Å²) in [5.74, 6) is 1.56. The first-order valence-electron chi connectivity index (χ1n) is 10.6. The zero-order valence-electron chi connectivity index (χ0n) is 16.7. The van der Waals surface area contributed by atoms with Crippen LogP contribution in [0.15, 0.2) is 36.4 Å². The van der Waals surface area contributed by atoms with Gasteiger partial charge in [-0.1, -0.05) is 17.7 Å². The molecule has 1 unspecified atom stereocenters. The molecule has 2 aromatic carbocycles. The molecule has 5 rings (SSSR count). The summed E-state index contributed by atoms with van der Waals surface area (Å²) >= 11 is 0. The van der Waals surface area contributed by atoms with Crippen molar-refractivity contribution in [1.29, 1.82) is 0 Å². The molecule has 2 amide bonds. The highest BCUT2D eigenvalue weighted by molar-refractivity contribution is 5.98. The van der Waals surface area contributed by atoms with Crippen LogP contribution in [0, 0.1) is 12.8 Å². The Kier molecular flexibility index (Phi) is 4.53. The number of carbonyl (C=O) groups excluding carboxylic acids is 2. The van der Waals surface area contributed by atoms with E-state index >= 15 is 0 Å². The molecular weight excluding hydrogens is 364 g/mol. The number of nitrogens with one attached hydrogen (secondary N) is 1. The monoisotopic (exact) mass is 390 g/mol. The Morgan fingerprint density at radius 1 is 1.07 bits per heavy atom. The lowest BCUT2D eigenvalue weighted by molar-refractivity contribution is -0.123. The molecule has 2 aliphatic heterocycles. The predicted molar refractivity (Wildman–Crippen MR) is 112 cm³/mol. The molecule has 0 aromatic heterocycles. The van der Waals surface area contributed by atoms with Crippen LogP contribution in [0.3, 0.4) is 0 Å². The van der Waals surface area contributed by atoms with E-state index in [0.717, 1.165) is 42.1 Å². The minimum atomic E-state index is -0.478. The first kappa shape index (κ1) is 18.2. The van der Waals surface area contributed by atoms with Gasteiger partial charge in [-0.25, -0.2) is 0 Å². The molecule has 5 nitrogen and oxygen atoms in total. The summed E-state index contributed by atoms with van der Waals surface area (Å²) in [4.78, 5) is 27.1. The van der Waals surface area contributed by atoms with Crippen LogP contribution in [0.5, 0.6) is 5.75 Å². The number of amides is 2. The summed E-state index contributed by atoms with van der Waals surface area (Å²) in [7, 11) is 0. The minimum absolute atomic E-state index is 0.113. The quantitative estimate of drug-likeness (QED) is 0.858. The van der Waals surface area contributed by atoms with Crippen LogP contribution in [0.4, 0.5) is 11.4 Å². The van der Waals surface area contributed by atoms with Gasteiger partial charge in [-0.15, -0.1) is 0 Å². The number of carbonyl (C=O) groups is 2. The van der Waals surface area contributed by atoms with E-state index in [1.807, 2.05) is 35.2 Å². The van der Waals surface area contributed by atoms with Gasteiger partial charge in [0.05, 0.1) is 0 Å². The molecule has 0 spiro atoms. The van der Waals surface area contributed by atoms with Gasteiger partial charge in [0.25, 0.3) is 5.91 Å². The summed E-state index contributed by atoms with van der Waals surface area (Å²) in [6, 6.07) is 12.0. The Morgan fingerprint density at radius 2 is 1.93 bits per heavy atom. The van der Waals surface area contributed by atoms with Gasteiger partial charge in [0.2, 0.25) is 5.91 Å². The fourth-order valence-electron chi connectivity index (χ4n) is 4.32. The lowest BCUT2D eigenvalue weighted by Crippen LogP contribution is -2.37. The third-order valence-electron chi connectivity index (χ3n) is 6.14. The highest BCUT2D eigenvalue weighted by Gasteiger charge is 2.31. The van der Waals surface area contributed by atoms with Crippen molar-refractivity contribution in [3.05, 3.63) is 53.1 Å². The largest absolute Gasteiger partial charge is 0.480 e. The molecule has 0 bridgehead atoms. The number of anilines is 2. The van der Waals surface area contributed by atoms with Gasteiger partial charge < -0.3 is 15.0 Å². The van der Waals surface area contributed by atoms with E-state index in [1.54, 1.807) is 0 Å². The van der Waals surface area contributed by atoms with Crippen LogP contribution in [0.25, 0.3) is 0 Å². The minimum Gasteiger partial charge on any atom is -0.480 e. The smallest absolute Gasteiger partial charge is 0.265 e. The number of hydrogen-bond acceptors (Lipinski definition) is 3. The summed E-state index contributed by atoms with van der Waals surface area (Å²) in [5.41, 5.74) is 5.28. The van der Waals surface area contributed by atoms with Gasteiger partial charge in [-0.05, 0) is 80.3 Å². The summed E-state index contributed by atoms with van der Waals surface area (Å²) < 4.78 is 5.95. The van der Waals surface area contributed by atoms with Crippen molar-refractivity contribution in [2.75, 3.05) is 16.8 Å². The second-order valence-electron chi connectivity index (χ2n) is 8.54. The van der Waals surface area contributed by atoms with Gasteiger partial charge in [0.15, 0.2) is 6.10 Å². The fraction of sp³-hybridized carbons (Fsp3) is 0.417. The molecule has 1 saturated carbocycles. The number of ether oxygens (including phenoxy) is 1. The van der Waals surface area contributed by atoms with Crippen LogP contribution >= 0.6 is 0 Å². The van der Waals surface area contributed by atoms with Crippen LogP contribution in [0.2, 0.25) is 0 Å². The first-order valence-corrected chi connectivity index (χ1v) is 10.6. The molecule has 1 fully saturated rings. The number of rotatable bonds is 4. The van der Waals surface area contributed by atoms with Crippen molar-refractivity contribution < 1.29 is 14.3 Å². The molecular formula is C24H26N2O3. The maximum Gasteiger partial charge on any atom is 0.265 e. The van der Waals surface area contributed by atoms with Gasteiger partial charge in [0.1, 0.15) is 5.75 Å². The molecule has 29 heavy (non-hydrogen) atoms. The Morgan fingerprint density at radius 3 is 2.76 bits per heavy atom. The van der Waals surface area contributed by atoms with E-state index in [-0.39, 0.29) is 11.8 Å². The molecule has 0 saturated heterocycles. The van der Waals surface area contributed by atoms with Crippen molar-refractivity contribution in [1.82, 2.24) is 0 Å². The van der Waals surface area contributed by atoms with Crippen molar-refractivity contribution >= 4 is 23.2 Å². The third-order valence-corrected chi connectivity index (χ3v) is 6.14. The van der Waals surface area contributed by atoms with Crippen molar-refractivity contribution in [3.8, 4) is 5.75 Å². The molecule has 2 aromatic rings. The molecule has 3 aliphatic rings. The van der Waals surface area contributed by atoms with E-state index in [1.165, 1.54) is 24.0 Å². The maximum absolute atomic E-state index is 12.8. The second kappa shape index (κ2) is 7.21. The lowest BCUT2D eigenvalue weighted by atomic mass is 9.99. The lowest BCUT2D eigenvalue weighted by Gasteiger charge is -2.30. The molecule has 1 aliphatic carbocycles. The summed E-state index contributed by atoms with van der Waals surface area (Å²) in [5, 5.41) is 3.02. The van der Waals surface area contributed by atoms with Gasteiger partial charge in [0, 0.05) is 24.3 Å². The number of aryl methyl sites for hydroxylation is 3. The van der Waals surface area contributed by atoms with Crippen LogP contribution in [-0.4, -0.2) is 24.5 Å². The average molecular weight is 390 g/mol. The summed E-state index contributed by atoms with van der Waals surface area (Å²) in [6.07, 6.45) is 4.75. The van der Waals surface area contributed by atoms with E-state index in [0.29, 0.717) is 18.8 Å². The topological polar surface area (TPSA) is 58.6 Å². The van der Waals surface area contributed by atoms with Crippen LogP contribution < -0.4 is 15.0 Å². The molecule has 1 atom stereocenters. The summed E-state index contributed by atoms with van der Waals surface area (Å²) in [6.45, 7) is 2.89. The SMILES string of the molecule is Cc1ccc2c(c1)CCC(C(=O)Nc1ccc3c(c1)CCC(=O)N3CC1CC1)O2. The number of fused-ring (bicyclic) bond motifs is 2. The molecule has 1 N–H and O–H groups in total. The Balaban J connectivity index is 1.29. The highest BCUT2D eigenvalue weighted by atomic mass is 16.5. The van der Waals surface area contributed by atoms with E-state index in [4.69, 9.17) is 4.74 Å².